The molecule has 3 N–H and O–H groups in total. The third-order valence-electron chi connectivity index (χ3n) is 2.29. The topological polar surface area (TPSA) is 53.2 Å². The molecule has 2 rings (SSSR count). The van der Waals surface area contributed by atoms with Crippen LogP contribution in [0, 0.1) is 5.82 Å². The molecule has 4 nitrogen and oxygen atoms in total. The SMILES string of the molecule is O=C(NNc1ccccc1Cl)Nc1ccc(F)cc1. The fourth-order valence-corrected chi connectivity index (χ4v) is 1.57. The lowest BCUT2D eigenvalue weighted by Gasteiger charge is -2.10. The lowest BCUT2D eigenvalue weighted by atomic mass is 10.3. The molecular formula is C13H11ClFN3O. The molecule has 19 heavy (non-hydrogen) atoms. The zero-order chi connectivity index (χ0) is 13.7. The Hall–Kier alpha value is -2.27. The van der Waals surface area contributed by atoms with Crippen LogP contribution in [-0.2, 0) is 0 Å². The Kier molecular flexibility index (Phi) is 4.20. The summed E-state index contributed by atoms with van der Waals surface area (Å²) in [4.78, 5) is 11.6. The highest BCUT2D eigenvalue weighted by Gasteiger charge is 2.02. The van der Waals surface area contributed by atoms with Gasteiger partial charge in [0.2, 0.25) is 0 Å². The lowest BCUT2D eigenvalue weighted by Crippen LogP contribution is -2.33. The monoisotopic (exact) mass is 279 g/mol. The number of anilines is 2. The number of nitrogens with one attached hydrogen (secondary N) is 3. The summed E-state index contributed by atoms with van der Waals surface area (Å²) in [6, 6.07) is 12.0. The molecule has 0 saturated heterocycles. The highest BCUT2D eigenvalue weighted by molar-refractivity contribution is 6.33. The first-order chi connectivity index (χ1) is 9.15. The van der Waals surface area contributed by atoms with Crippen molar-refractivity contribution < 1.29 is 9.18 Å². The van der Waals surface area contributed by atoms with Crippen molar-refractivity contribution in [3.05, 3.63) is 59.4 Å². The first-order valence-corrected chi connectivity index (χ1v) is 5.86. The number of halogens is 2. The number of amides is 2. The van der Waals surface area contributed by atoms with E-state index in [1.807, 2.05) is 0 Å². The average Bonchev–Trinajstić information content (AvgIpc) is 2.40. The molecule has 0 unspecified atom stereocenters. The minimum absolute atomic E-state index is 0.361. The van der Waals surface area contributed by atoms with Gasteiger partial charge in [0.15, 0.2) is 0 Å². The molecule has 0 atom stereocenters. The van der Waals surface area contributed by atoms with Gasteiger partial charge in [-0.25, -0.2) is 9.18 Å². The third kappa shape index (κ3) is 3.86. The van der Waals surface area contributed by atoms with E-state index >= 15 is 0 Å². The summed E-state index contributed by atoms with van der Waals surface area (Å²) in [6.45, 7) is 0. The third-order valence-corrected chi connectivity index (χ3v) is 2.62. The quantitative estimate of drug-likeness (QED) is 0.752. The summed E-state index contributed by atoms with van der Waals surface area (Å²) < 4.78 is 12.7. The number of hydrazine groups is 1. The largest absolute Gasteiger partial charge is 0.337 e. The molecule has 2 amide bonds. The van der Waals surface area contributed by atoms with Crippen LogP contribution in [0.2, 0.25) is 5.02 Å². The van der Waals surface area contributed by atoms with Gasteiger partial charge in [0, 0.05) is 5.69 Å². The highest BCUT2D eigenvalue weighted by atomic mass is 35.5. The Morgan fingerprint density at radius 2 is 1.74 bits per heavy atom. The molecule has 98 valence electrons. The van der Waals surface area contributed by atoms with Crippen molar-refractivity contribution in [3.8, 4) is 0 Å². The summed E-state index contributed by atoms with van der Waals surface area (Å²) in [6.07, 6.45) is 0. The molecule has 0 aliphatic carbocycles. The minimum Gasteiger partial charge on any atom is -0.307 e. The zero-order valence-electron chi connectivity index (χ0n) is 9.78. The minimum atomic E-state index is -0.480. The fraction of sp³-hybridized carbons (Fsp3) is 0. The zero-order valence-corrected chi connectivity index (χ0v) is 10.5. The Bertz CT molecular complexity index is 574. The second-order valence-corrected chi connectivity index (χ2v) is 4.10. The van der Waals surface area contributed by atoms with Crippen LogP contribution in [0.15, 0.2) is 48.5 Å². The maximum atomic E-state index is 12.7. The molecule has 0 radical (unpaired) electrons. The van der Waals surface area contributed by atoms with Crippen molar-refractivity contribution in [1.29, 1.82) is 0 Å². The van der Waals surface area contributed by atoms with Crippen molar-refractivity contribution in [1.82, 2.24) is 5.43 Å². The van der Waals surface area contributed by atoms with E-state index in [9.17, 15) is 9.18 Å². The van der Waals surface area contributed by atoms with E-state index < -0.39 is 6.03 Å². The van der Waals surface area contributed by atoms with Crippen molar-refractivity contribution in [2.45, 2.75) is 0 Å². The number of para-hydroxylation sites is 1. The normalized spacial score (nSPS) is 9.79. The molecule has 0 spiro atoms. The molecule has 0 aromatic heterocycles. The molecule has 2 aromatic carbocycles. The van der Waals surface area contributed by atoms with E-state index in [1.54, 1.807) is 24.3 Å². The molecule has 0 aliphatic heterocycles. The van der Waals surface area contributed by atoms with Crippen molar-refractivity contribution in [2.24, 2.45) is 0 Å². The number of hydrogen-bond donors (Lipinski definition) is 3. The molecule has 0 fully saturated rings. The molecule has 0 saturated carbocycles. The average molecular weight is 280 g/mol. The van der Waals surface area contributed by atoms with Crippen LogP contribution >= 0.6 is 11.6 Å². The van der Waals surface area contributed by atoms with Crippen LogP contribution in [0.3, 0.4) is 0 Å². The number of carbonyl (C=O) groups is 1. The van der Waals surface area contributed by atoms with E-state index in [4.69, 9.17) is 11.6 Å². The van der Waals surface area contributed by atoms with Gasteiger partial charge in [-0.1, -0.05) is 23.7 Å². The molecule has 6 heteroatoms. The number of hydrogen-bond acceptors (Lipinski definition) is 2. The summed E-state index contributed by atoms with van der Waals surface area (Å²) in [5.41, 5.74) is 6.17. The Labute approximate surface area is 114 Å². The molecule has 0 bridgehead atoms. The Morgan fingerprint density at radius 1 is 1.05 bits per heavy atom. The van der Waals surface area contributed by atoms with Gasteiger partial charge in [0.25, 0.3) is 0 Å². The van der Waals surface area contributed by atoms with E-state index in [0.717, 1.165) is 0 Å². The summed E-state index contributed by atoms with van der Waals surface area (Å²) >= 11 is 5.91. The summed E-state index contributed by atoms with van der Waals surface area (Å²) in [5, 5.41) is 3.03. The lowest BCUT2D eigenvalue weighted by molar-refractivity contribution is 0.254. The highest BCUT2D eigenvalue weighted by Crippen LogP contribution is 2.19. The number of carbonyl (C=O) groups excluding carboxylic acids is 1. The fourth-order valence-electron chi connectivity index (χ4n) is 1.38. The van der Waals surface area contributed by atoms with E-state index in [2.05, 4.69) is 16.2 Å². The van der Waals surface area contributed by atoms with Crippen LogP contribution in [-0.4, -0.2) is 6.03 Å². The van der Waals surface area contributed by atoms with Gasteiger partial charge in [0.1, 0.15) is 5.82 Å². The van der Waals surface area contributed by atoms with Crippen LogP contribution in [0.4, 0.5) is 20.6 Å². The van der Waals surface area contributed by atoms with Gasteiger partial charge in [-0.05, 0) is 36.4 Å². The maximum absolute atomic E-state index is 12.7. The Morgan fingerprint density at radius 3 is 2.42 bits per heavy atom. The second kappa shape index (κ2) is 6.06. The van der Waals surface area contributed by atoms with E-state index in [0.29, 0.717) is 16.4 Å². The molecule has 0 heterocycles. The standard InChI is InChI=1S/C13H11ClFN3O/c14-11-3-1-2-4-12(11)17-18-13(19)16-10-7-5-9(15)6-8-10/h1-8,17H,(H2,16,18,19). The predicted molar refractivity (Wildman–Crippen MR) is 73.6 cm³/mol. The molecular weight excluding hydrogens is 269 g/mol. The van der Waals surface area contributed by atoms with Crippen molar-refractivity contribution in [3.63, 3.8) is 0 Å². The van der Waals surface area contributed by atoms with Crippen LogP contribution in [0.1, 0.15) is 0 Å². The van der Waals surface area contributed by atoms with Gasteiger partial charge in [-0.15, -0.1) is 0 Å². The van der Waals surface area contributed by atoms with Gasteiger partial charge < -0.3 is 5.32 Å². The first-order valence-electron chi connectivity index (χ1n) is 5.48. The second-order valence-electron chi connectivity index (χ2n) is 3.69. The molecule has 0 aliphatic rings. The predicted octanol–water partition coefficient (Wildman–Crippen LogP) is 3.63. The molecule has 2 aromatic rings. The van der Waals surface area contributed by atoms with E-state index in [1.165, 1.54) is 24.3 Å². The number of rotatable bonds is 3. The van der Waals surface area contributed by atoms with Gasteiger partial charge >= 0.3 is 6.03 Å². The number of benzene rings is 2. The van der Waals surface area contributed by atoms with Gasteiger partial charge in [-0.2, -0.15) is 0 Å². The maximum Gasteiger partial charge on any atom is 0.337 e. The summed E-state index contributed by atoms with van der Waals surface area (Å²) in [7, 11) is 0. The van der Waals surface area contributed by atoms with Gasteiger partial charge in [-0.3, -0.25) is 10.9 Å². The number of urea groups is 1. The van der Waals surface area contributed by atoms with E-state index in [-0.39, 0.29) is 5.82 Å². The van der Waals surface area contributed by atoms with Crippen molar-refractivity contribution in [2.75, 3.05) is 10.7 Å². The van der Waals surface area contributed by atoms with Crippen molar-refractivity contribution >= 4 is 29.0 Å². The van der Waals surface area contributed by atoms with Crippen LogP contribution in [0.5, 0.6) is 0 Å². The summed E-state index contributed by atoms with van der Waals surface area (Å²) in [5.74, 6) is -0.361. The van der Waals surface area contributed by atoms with Crippen LogP contribution < -0.4 is 16.2 Å². The van der Waals surface area contributed by atoms with Gasteiger partial charge in [0.05, 0.1) is 10.7 Å². The van der Waals surface area contributed by atoms with Crippen LogP contribution in [0.25, 0.3) is 0 Å². The first kappa shape index (κ1) is 13.2. The smallest absolute Gasteiger partial charge is 0.307 e. The Balaban J connectivity index is 1.88.